The molecule has 0 fully saturated rings. The third-order valence-corrected chi connectivity index (χ3v) is 7.79. The van der Waals surface area contributed by atoms with Gasteiger partial charge in [-0.3, -0.25) is 19.2 Å². The number of aromatic amines is 1. The normalized spacial score (nSPS) is 11.4. The van der Waals surface area contributed by atoms with E-state index in [4.69, 9.17) is 30.4 Å². The number of hydrogen-bond acceptors (Lipinski definition) is 10. The Kier molecular flexibility index (Phi) is 13.4. The van der Waals surface area contributed by atoms with Crippen molar-refractivity contribution in [2.75, 3.05) is 18.5 Å². The van der Waals surface area contributed by atoms with Gasteiger partial charge < -0.3 is 40.0 Å². The highest BCUT2D eigenvalue weighted by Crippen LogP contribution is 2.35. The molecule has 15 heteroatoms. The molecule has 280 valence electrons. The molecule has 4 aromatic rings. The van der Waals surface area contributed by atoms with E-state index in [9.17, 15) is 28.8 Å². The monoisotopic (exact) mass is 784 g/mol. The van der Waals surface area contributed by atoms with Crippen molar-refractivity contribution in [2.24, 2.45) is 11.5 Å². The van der Waals surface area contributed by atoms with Gasteiger partial charge in [0.2, 0.25) is 0 Å². The summed E-state index contributed by atoms with van der Waals surface area (Å²) in [7, 11) is 0. The number of aryl methyl sites for hydroxylation is 2. The number of Topliss-reactive ketones (excluding diaryl/α,β-unsaturated/α-hetero) is 2. The highest BCUT2D eigenvalue weighted by molar-refractivity contribution is 9.09. The lowest BCUT2D eigenvalue weighted by Crippen LogP contribution is -2.27. The molecule has 0 spiro atoms. The van der Waals surface area contributed by atoms with Gasteiger partial charge in [0.1, 0.15) is 22.7 Å². The zero-order valence-corrected chi connectivity index (χ0v) is 32.1. The number of nitrogens with one attached hydrogen (secondary N) is 1. The first-order valence-electron chi connectivity index (χ1n) is 16.3. The minimum absolute atomic E-state index is 0.150. The van der Waals surface area contributed by atoms with Gasteiger partial charge in [-0.05, 0) is 86.1 Å². The van der Waals surface area contributed by atoms with E-state index >= 15 is 0 Å². The Morgan fingerprint density at radius 1 is 0.731 bits per heavy atom. The van der Waals surface area contributed by atoms with Gasteiger partial charge in [0.05, 0.1) is 32.9 Å². The van der Waals surface area contributed by atoms with E-state index < -0.39 is 46.5 Å². The van der Waals surface area contributed by atoms with E-state index in [0.29, 0.717) is 45.7 Å². The lowest BCUT2D eigenvalue weighted by Gasteiger charge is -2.19. The molecule has 0 aliphatic carbocycles. The largest absolute Gasteiger partial charge is 0.481 e. The van der Waals surface area contributed by atoms with Crippen molar-refractivity contribution >= 4 is 73.1 Å². The minimum atomic E-state index is -1.05. The summed E-state index contributed by atoms with van der Waals surface area (Å²) in [6.45, 7) is 14.0. The first kappa shape index (κ1) is 41.2. The summed E-state index contributed by atoms with van der Waals surface area (Å²) in [5.74, 6) is -4.12. The molecule has 14 nitrogen and oxygen atoms in total. The summed E-state index contributed by atoms with van der Waals surface area (Å²) in [5, 5.41) is 1.68. The van der Waals surface area contributed by atoms with Crippen LogP contribution in [-0.2, 0) is 35.2 Å². The quantitative estimate of drug-likeness (QED) is 0.0715. The van der Waals surface area contributed by atoms with Gasteiger partial charge in [-0.25, -0.2) is 9.59 Å². The Labute approximate surface area is 309 Å². The van der Waals surface area contributed by atoms with Crippen LogP contribution in [0.15, 0.2) is 36.4 Å². The fourth-order valence-electron chi connectivity index (χ4n) is 5.41. The minimum Gasteiger partial charge on any atom is -0.481 e. The van der Waals surface area contributed by atoms with Crippen LogP contribution in [0.3, 0.4) is 0 Å². The number of benzene rings is 2. The van der Waals surface area contributed by atoms with Gasteiger partial charge in [0.25, 0.3) is 23.4 Å². The molecule has 2 amide bonds. The number of fused-ring (bicyclic) bond motifs is 2. The molecule has 0 aliphatic rings. The number of halogens is 1. The Bertz CT molecular complexity index is 2010. The van der Waals surface area contributed by atoms with Gasteiger partial charge in [-0.2, -0.15) is 0 Å². The zero-order valence-electron chi connectivity index (χ0n) is 30.6. The molecule has 0 aliphatic heterocycles. The Balaban J connectivity index is 0.000000284. The molecular formula is C37H45BrN4O10. The maximum atomic E-state index is 12.5. The van der Waals surface area contributed by atoms with Crippen LogP contribution in [0.4, 0.5) is 0 Å². The lowest BCUT2D eigenvalue weighted by molar-refractivity contribution is -0.158. The predicted octanol–water partition coefficient (Wildman–Crippen LogP) is 4.99. The standard InChI is InChI=1S/C20H25BrN2O5.C17H20N2O5/c1-12-16(18(25)19(22)26)17-13(23(12)10-6-9-21)7-5-8-14(17)27-11-15(24)28-20(2,3)4;1-9-13(15(21)16(18)22)14-10(19-9)6-5-7-11(14)23-8-12(20)24-17(2,3)4/h5,7-8H,6,9-11H2,1-4H3,(H2,22,26);5-7,19H,8H2,1-4H3,(H2,18,22). The van der Waals surface area contributed by atoms with E-state index in [1.54, 1.807) is 85.7 Å². The highest BCUT2D eigenvalue weighted by Gasteiger charge is 2.27. The maximum Gasteiger partial charge on any atom is 0.344 e. The first-order chi connectivity index (χ1) is 24.2. The molecule has 4 rings (SSSR count). The molecule has 2 heterocycles. The van der Waals surface area contributed by atoms with Crippen molar-refractivity contribution in [2.45, 2.75) is 79.6 Å². The number of rotatable bonds is 13. The summed E-state index contributed by atoms with van der Waals surface area (Å²) in [6.07, 6.45) is 0.831. The molecular weight excluding hydrogens is 740 g/mol. The average molecular weight is 786 g/mol. The van der Waals surface area contributed by atoms with Gasteiger partial charge in [-0.15, -0.1) is 0 Å². The Morgan fingerprint density at radius 3 is 1.69 bits per heavy atom. The molecule has 2 aromatic heterocycles. The van der Waals surface area contributed by atoms with Crippen molar-refractivity contribution in [3.05, 3.63) is 58.9 Å². The number of hydrogen-bond donors (Lipinski definition) is 3. The zero-order chi connectivity index (χ0) is 39.1. The maximum absolute atomic E-state index is 12.5. The van der Waals surface area contributed by atoms with Gasteiger partial charge in [0, 0.05) is 23.3 Å². The molecule has 52 heavy (non-hydrogen) atoms. The van der Waals surface area contributed by atoms with E-state index in [1.165, 1.54) is 0 Å². The summed E-state index contributed by atoms with van der Waals surface area (Å²) in [6, 6.07) is 10.3. The SMILES string of the molecule is Cc1[nH]c2cccc(OCC(=O)OC(C)(C)C)c2c1C(=O)C(N)=O.Cc1c(C(=O)C(N)=O)c2c(OCC(=O)OC(C)(C)C)cccc2n1CCCBr. The number of alkyl halides is 1. The summed E-state index contributed by atoms with van der Waals surface area (Å²) < 4.78 is 23.6. The van der Waals surface area contributed by atoms with E-state index in [-0.39, 0.29) is 24.3 Å². The second-order valence-electron chi connectivity index (χ2n) is 13.7. The molecule has 0 saturated heterocycles. The van der Waals surface area contributed by atoms with Gasteiger partial charge >= 0.3 is 11.9 Å². The number of carbonyl (C=O) groups excluding carboxylic acids is 6. The van der Waals surface area contributed by atoms with Crippen LogP contribution in [0.25, 0.3) is 21.8 Å². The second-order valence-corrected chi connectivity index (χ2v) is 14.5. The number of aromatic nitrogens is 2. The van der Waals surface area contributed by atoms with E-state index in [1.807, 2.05) is 10.6 Å². The molecule has 5 N–H and O–H groups in total. The van der Waals surface area contributed by atoms with Crippen LogP contribution in [0.2, 0.25) is 0 Å². The smallest absolute Gasteiger partial charge is 0.344 e. The predicted molar refractivity (Wildman–Crippen MR) is 198 cm³/mol. The van der Waals surface area contributed by atoms with Crippen molar-refractivity contribution < 1.29 is 47.7 Å². The van der Waals surface area contributed by atoms with Gasteiger partial charge in [-0.1, -0.05) is 28.1 Å². The van der Waals surface area contributed by atoms with E-state index in [0.717, 1.165) is 17.3 Å². The van der Waals surface area contributed by atoms with Crippen LogP contribution in [0, 0.1) is 13.8 Å². The van der Waals surface area contributed by atoms with Crippen molar-refractivity contribution in [3.63, 3.8) is 0 Å². The number of H-pyrrole nitrogens is 1. The second kappa shape index (κ2) is 16.9. The lowest BCUT2D eigenvalue weighted by atomic mass is 10.1. The Hall–Kier alpha value is -5.18. The van der Waals surface area contributed by atoms with Crippen molar-refractivity contribution in [3.8, 4) is 11.5 Å². The first-order valence-corrected chi connectivity index (χ1v) is 17.5. The molecule has 0 saturated carbocycles. The summed E-state index contributed by atoms with van der Waals surface area (Å²) in [4.78, 5) is 74.3. The molecule has 2 aromatic carbocycles. The van der Waals surface area contributed by atoms with Crippen LogP contribution in [-0.4, -0.2) is 74.6 Å². The van der Waals surface area contributed by atoms with Crippen LogP contribution >= 0.6 is 15.9 Å². The third-order valence-electron chi connectivity index (χ3n) is 7.23. The fourth-order valence-corrected chi connectivity index (χ4v) is 5.66. The topological polar surface area (TPSA) is 212 Å². The highest BCUT2D eigenvalue weighted by atomic mass is 79.9. The molecule has 0 radical (unpaired) electrons. The number of amides is 2. The number of ketones is 2. The molecule has 0 atom stereocenters. The van der Waals surface area contributed by atoms with Crippen LogP contribution < -0.4 is 20.9 Å². The Morgan fingerprint density at radius 2 is 1.21 bits per heavy atom. The number of esters is 2. The van der Waals surface area contributed by atoms with Crippen LogP contribution in [0.5, 0.6) is 11.5 Å². The van der Waals surface area contributed by atoms with Gasteiger partial charge in [0.15, 0.2) is 13.2 Å². The average Bonchev–Trinajstić information content (AvgIpc) is 3.52. The van der Waals surface area contributed by atoms with Crippen LogP contribution in [0.1, 0.15) is 80.1 Å². The van der Waals surface area contributed by atoms with Crippen molar-refractivity contribution in [1.82, 2.24) is 9.55 Å². The molecule has 0 unspecified atom stereocenters. The third kappa shape index (κ3) is 10.4. The number of nitrogens with zero attached hydrogens (tertiary/aromatic N) is 1. The summed E-state index contributed by atoms with van der Waals surface area (Å²) in [5.41, 5.74) is 12.0. The van der Waals surface area contributed by atoms with Crippen molar-refractivity contribution in [1.29, 1.82) is 0 Å². The number of primary amides is 2. The number of nitrogens with two attached hydrogens (primary N) is 2. The number of carbonyl (C=O) groups is 6. The number of ether oxygens (including phenoxy) is 4. The summed E-state index contributed by atoms with van der Waals surface area (Å²) >= 11 is 3.40. The fraction of sp³-hybridized carbons (Fsp3) is 0.405. The van der Waals surface area contributed by atoms with E-state index in [2.05, 4.69) is 20.9 Å². The molecule has 0 bridgehead atoms.